The second-order valence-electron chi connectivity index (χ2n) is 7.04. The maximum Gasteiger partial charge on any atom is 0.335 e. The SMILES string of the molecule is CC[C@@H](C)Oc1ccc(/C=C2\C(=O)NC(=O)N(c3ccc(C)cc3)C2=O)cc1OC. The standard InChI is InChI=1S/C23H24N2O5/c1-5-15(3)30-19-11-8-16(13-20(19)29-4)12-18-21(26)24-23(28)25(22(18)27)17-9-6-14(2)7-10-17/h6-13,15H,5H2,1-4H3,(H,24,26,28)/b18-12+/t15-/m1/s1. The van der Waals surface area contributed by atoms with Crippen molar-refractivity contribution in [3.63, 3.8) is 0 Å². The molecule has 4 amide bonds. The predicted molar refractivity (Wildman–Crippen MR) is 114 cm³/mol. The van der Waals surface area contributed by atoms with Gasteiger partial charge in [0.2, 0.25) is 0 Å². The Hall–Kier alpha value is -3.61. The van der Waals surface area contributed by atoms with Gasteiger partial charge in [0, 0.05) is 0 Å². The van der Waals surface area contributed by atoms with E-state index in [0.717, 1.165) is 16.9 Å². The van der Waals surface area contributed by atoms with Gasteiger partial charge in [-0.1, -0.05) is 30.7 Å². The zero-order valence-corrected chi connectivity index (χ0v) is 17.4. The summed E-state index contributed by atoms with van der Waals surface area (Å²) in [4.78, 5) is 38.5. The average Bonchev–Trinajstić information content (AvgIpc) is 2.73. The first-order chi connectivity index (χ1) is 14.3. The molecule has 0 saturated carbocycles. The van der Waals surface area contributed by atoms with E-state index in [2.05, 4.69) is 5.32 Å². The number of nitrogens with one attached hydrogen (secondary N) is 1. The first-order valence-electron chi connectivity index (χ1n) is 9.66. The summed E-state index contributed by atoms with van der Waals surface area (Å²) in [6, 6.07) is 11.2. The van der Waals surface area contributed by atoms with Gasteiger partial charge < -0.3 is 9.47 Å². The molecule has 7 heteroatoms. The van der Waals surface area contributed by atoms with Gasteiger partial charge in [-0.05, 0) is 56.2 Å². The van der Waals surface area contributed by atoms with Crippen LogP contribution in [0.5, 0.6) is 11.5 Å². The largest absolute Gasteiger partial charge is 0.493 e. The van der Waals surface area contributed by atoms with Crippen molar-refractivity contribution in [1.82, 2.24) is 5.32 Å². The molecular formula is C23H24N2O5. The zero-order valence-electron chi connectivity index (χ0n) is 17.4. The van der Waals surface area contributed by atoms with Crippen LogP contribution in [0.1, 0.15) is 31.4 Å². The van der Waals surface area contributed by atoms with Crippen LogP contribution in [-0.2, 0) is 9.59 Å². The van der Waals surface area contributed by atoms with Crippen LogP contribution in [0.4, 0.5) is 10.5 Å². The highest BCUT2D eigenvalue weighted by atomic mass is 16.5. The maximum absolute atomic E-state index is 13.0. The third kappa shape index (κ3) is 4.35. The second kappa shape index (κ2) is 8.82. The Labute approximate surface area is 175 Å². The van der Waals surface area contributed by atoms with Crippen LogP contribution in [-0.4, -0.2) is 31.1 Å². The van der Waals surface area contributed by atoms with E-state index in [4.69, 9.17) is 9.47 Å². The van der Waals surface area contributed by atoms with Crippen LogP contribution in [0.25, 0.3) is 6.08 Å². The molecule has 2 aromatic rings. The molecule has 0 aromatic heterocycles. The molecule has 2 aromatic carbocycles. The Kier molecular flexibility index (Phi) is 6.20. The summed E-state index contributed by atoms with van der Waals surface area (Å²) in [5, 5.41) is 2.22. The van der Waals surface area contributed by atoms with E-state index in [1.807, 2.05) is 20.8 Å². The molecule has 1 heterocycles. The van der Waals surface area contributed by atoms with Crippen LogP contribution in [0, 0.1) is 6.92 Å². The highest BCUT2D eigenvalue weighted by molar-refractivity contribution is 6.39. The fraction of sp³-hybridized carbons (Fsp3) is 0.261. The van der Waals surface area contributed by atoms with Gasteiger partial charge in [0.05, 0.1) is 18.9 Å². The summed E-state index contributed by atoms with van der Waals surface area (Å²) >= 11 is 0. The molecule has 3 rings (SSSR count). The van der Waals surface area contributed by atoms with Gasteiger partial charge in [0.1, 0.15) is 5.57 Å². The van der Waals surface area contributed by atoms with Crippen molar-refractivity contribution in [2.45, 2.75) is 33.3 Å². The van der Waals surface area contributed by atoms with Crippen LogP contribution in [0.2, 0.25) is 0 Å². The minimum absolute atomic E-state index is 0.0166. The van der Waals surface area contributed by atoms with E-state index < -0.39 is 17.8 Å². The van der Waals surface area contributed by atoms with Gasteiger partial charge in [-0.25, -0.2) is 9.69 Å². The normalized spacial score (nSPS) is 16.5. The Morgan fingerprint density at radius 2 is 1.77 bits per heavy atom. The number of imide groups is 2. The van der Waals surface area contributed by atoms with Crippen molar-refractivity contribution in [2.24, 2.45) is 0 Å². The lowest BCUT2D eigenvalue weighted by Gasteiger charge is -2.26. The van der Waals surface area contributed by atoms with Crippen molar-refractivity contribution >= 4 is 29.6 Å². The quantitative estimate of drug-likeness (QED) is 0.580. The van der Waals surface area contributed by atoms with Crippen molar-refractivity contribution < 1.29 is 23.9 Å². The monoisotopic (exact) mass is 408 g/mol. The van der Waals surface area contributed by atoms with Gasteiger partial charge in [-0.3, -0.25) is 14.9 Å². The number of anilines is 1. The van der Waals surface area contributed by atoms with Crippen LogP contribution < -0.4 is 19.7 Å². The van der Waals surface area contributed by atoms with Crippen LogP contribution in [0.15, 0.2) is 48.0 Å². The van der Waals surface area contributed by atoms with Crippen molar-refractivity contribution in [3.8, 4) is 11.5 Å². The number of methoxy groups -OCH3 is 1. The first kappa shape index (κ1) is 21.1. The summed E-state index contributed by atoms with van der Waals surface area (Å²) < 4.78 is 11.2. The van der Waals surface area contributed by atoms with Gasteiger partial charge >= 0.3 is 6.03 Å². The van der Waals surface area contributed by atoms with Gasteiger partial charge in [0.15, 0.2) is 11.5 Å². The number of aryl methyl sites for hydroxylation is 1. The van der Waals surface area contributed by atoms with Crippen molar-refractivity contribution in [3.05, 3.63) is 59.2 Å². The number of carbonyl (C=O) groups excluding carboxylic acids is 3. The number of ether oxygens (including phenoxy) is 2. The average molecular weight is 408 g/mol. The molecule has 0 aliphatic carbocycles. The fourth-order valence-electron chi connectivity index (χ4n) is 2.92. The number of hydrogen-bond acceptors (Lipinski definition) is 5. The smallest absolute Gasteiger partial charge is 0.335 e. The third-order valence-corrected chi connectivity index (χ3v) is 4.80. The lowest BCUT2D eigenvalue weighted by Crippen LogP contribution is -2.54. The molecule has 156 valence electrons. The van der Waals surface area contributed by atoms with E-state index >= 15 is 0 Å². The van der Waals surface area contributed by atoms with E-state index in [1.54, 1.807) is 42.5 Å². The number of amides is 4. The highest BCUT2D eigenvalue weighted by Crippen LogP contribution is 2.31. The van der Waals surface area contributed by atoms with Crippen molar-refractivity contribution in [2.75, 3.05) is 12.0 Å². The number of hydrogen-bond donors (Lipinski definition) is 1. The van der Waals surface area contributed by atoms with Crippen LogP contribution in [0.3, 0.4) is 0 Å². The molecule has 1 aliphatic heterocycles. The van der Waals surface area contributed by atoms with Crippen LogP contribution >= 0.6 is 0 Å². The first-order valence-corrected chi connectivity index (χ1v) is 9.66. The third-order valence-electron chi connectivity index (χ3n) is 4.80. The molecule has 1 saturated heterocycles. The topological polar surface area (TPSA) is 84.9 Å². The molecule has 0 spiro atoms. The molecule has 30 heavy (non-hydrogen) atoms. The number of urea groups is 1. The Bertz CT molecular complexity index is 1010. The molecule has 1 N–H and O–H groups in total. The summed E-state index contributed by atoms with van der Waals surface area (Å²) in [5.41, 5.74) is 1.80. The Morgan fingerprint density at radius 3 is 2.40 bits per heavy atom. The summed E-state index contributed by atoms with van der Waals surface area (Å²) in [6.07, 6.45) is 2.29. The molecule has 0 radical (unpaired) electrons. The van der Waals surface area contributed by atoms with E-state index in [1.165, 1.54) is 13.2 Å². The predicted octanol–water partition coefficient (Wildman–Crippen LogP) is 3.85. The van der Waals surface area contributed by atoms with E-state index in [-0.39, 0.29) is 11.7 Å². The highest BCUT2D eigenvalue weighted by Gasteiger charge is 2.36. The molecule has 1 aliphatic rings. The maximum atomic E-state index is 13.0. The molecule has 1 atom stereocenters. The van der Waals surface area contributed by atoms with Gasteiger partial charge in [-0.2, -0.15) is 0 Å². The number of nitrogens with zero attached hydrogens (tertiary/aromatic N) is 1. The van der Waals surface area contributed by atoms with E-state index in [9.17, 15) is 14.4 Å². The van der Waals surface area contributed by atoms with Gasteiger partial charge in [0.25, 0.3) is 11.8 Å². The summed E-state index contributed by atoms with van der Waals surface area (Å²) in [7, 11) is 1.52. The fourth-order valence-corrected chi connectivity index (χ4v) is 2.92. The van der Waals surface area contributed by atoms with E-state index in [0.29, 0.717) is 22.7 Å². The number of barbiturate groups is 1. The molecular weight excluding hydrogens is 384 g/mol. The van der Waals surface area contributed by atoms with Gasteiger partial charge in [-0.15, -0.1) is 0 Å². The number of rotatable bonds is 6. The second-order valence-corrected chi connectivity index (χ2v) is 7.04. The minimum Gasteiger partial charge on any atom is -0.493 e. The zero-order chi connectivity index (χ0) is 21.8. The lowest BCUT2D eigenvalue weighted by atomic mass is 10.1. The molecule has 1 fully saturated rings. The number of carbonyl (C=O) groups is 3. The van der Waals surface area contributed by atoms with Crippen molar-refractivity contribution in [1.29, 1.82) is 0 Å². The number of benzene rings is 2. The molecule has 0 bridgehead atoms. The molecule has 0 unspecified atom stereocenters. The summed E-state index contributed by atoms with van der Waals surface area (Å²) in [6.45, 7) is 5.88. The molecule has 7 nitrogen and oxygen atoms in total. The Morgan fingerprint density at radius 1 is 1.07 bits per heavy atom. The minimum atomic E-state index is -0.777. The Balaban J connectivity index is 1.95. The lowest BCUT2D eigenvalue weighted by molar-refractivity contribution is -0.122. The summed E-state index contributed by atoms with van der Waals surface area (Å²) in [5.74, 6) is -0.372.